The second kappa shape index (κ2) is 6.33. The molecule has 0 unspecified atom stereocenters. The van der Waals surface area contributed by atoms with Gasteiger partial charge in [-0.05, 0) is 24.6 Å². The Labute approximate surface area is 99.0 Å². The molecule has 0 aliphatic heterocycles. The van der Waals surface area contributed by atoms with E-state index in [9.17, 15) is 9.18 Å². The van der Waals surface area contributed by atoms with Gasteiger partial charge in [0.25, 0.3) is 0 Å². The standard InChI is InChI=1S/C11H14ClFN2O/c1-2-5-14-11(16)7-15-10-6-8(12)3-4-9(10)13/h3-4,6,15H,2,5,7H2,1H3,(H,14,16). The average Bonchev–Trinajstić information content (AvgIpc) is 2.27. The predicted molar refractivity (Wildman–Crippen MR) is 63.2 cm³/mol. The van der Waals surface area contributed by atoms with E-state index < -0.39 is 5.82 Å². The topological polar surface area (TPSA) is 41.1 Å². The van der Waals surface area contributed by atoms with Crippen LogP contribution in [0.5, 0.6) is 0 Å². The Morgan fingerprint density at radius 3 is 2.94 bits per heavy atom. The smallest absolute Gasteiger partial charge is 0.239 e. The van der Waals surface area contributed by atoms with Gasteiger partial charge in [0.2, 0.25) is 5.91 Å². The van der Waals surface area contributed by atoms with Crippen LogP contribution in [0.4, 0.5) is 10.1 Å². The zero-order valence-corrected chi connectivity index (χ0v) is 9.77. The van der Waals surface area contributed by atoms with Crippen molar-refractivity contribution in [2.75, 3.05) is 18.4 Å². The van der Waals surface area contributed by atoms with Crippen LogP contribution < -0.4 is 10.6 Å². The maximum Gasteiger partial charge on any atom is 0.239 e. The van der Waals surface area contributed by atoms with Gasteiger partial charge in [-0.2, -0.15) is 0 Å². The van der Waals surface area contributed by atoms with Crippen LogP contribution in [0.25, 0.3) is 0 Å². The van der Waals surface area contributed by atoms with Crippen molar-refractivity contribution in [1.29, 1.82) is 0 Å². The quantitative estimate of drug-likeness (QED) is 0.835. The molecule has 1 aromatic rings. The molecule has 0 atom stereocenters. The summed E-state index contributed by atoms with van der Waals surface area (Å²) < 4.78 is 13.2. The van der Waals surface area contributed by atoms with Gasteiger partial charge >= 0.3 is 0 Å². The molecular formula is C11H14ClFN2O. The maximum absolute atomic E-state index is 13.2. The Hall–Kier alpha value is -1.29. The van der Waals surface area contributed by atoms with Crippen LogP contribution in [0, 0.1) is 5.82 Å². The van der Waals surface area contributed by atoms with E-state index in [-0.39, 0.29) is 18.1 Å². The number of anilines is 1. The normalized spacial score (nSPS) is 9.94. The Morgan fingerprint density at radius 2 is 2.25 bits per heavy atom. The molecule has 88 valence electrons. The first-order valence-corrected chi connectivity index (χ1v) is 5.47. The van der Waals surface area contributed by atoms with Crippen molar-refractivity contribution < 1.29 is 9.18 Å². The number of hydrogen-bond donors (Lipinski definition) is 2. The van der Waals surface area contributed by atoms with Crippen molar-refractivity contribution in [3.8, 4) is 0 Å². The summed E-state index contributed by atoms with van der Waals surface area (Å²) in [5, 5.41) is 5.80. The van der Waals surface area contributed by atoms with Crippen LogP contribution in [-0.4, -0.2) is 19.0 Å². The highest BCUT2D eigenvalue weighted by Crippen LogP contribution is 2.18. The Morgan fingerprint density at radius 1 is 1.50 bits per heavy atom. The molecule has 0 aromatic heterocycles. The monoisotopic (exact) mass is 244 g/mol. The summed E-state index contributed by atoms with van der Waals surface area (Å²) in [6, 6.07) is 4.16. The number of benzene rings is 1. The highest BCUT2D eigenvalue weighted by molar-refractivity contribution is 6.30. The van der Waals surface area contributed by atoms with E-state index in [1.807, 2.05) is 6.92 Å². The van der Waals surface area contributed by atoms with Crippen LogP contribution in [0.2, 0.25) is 5.02 Å². The zero-order valence-electron chi connectivity index (χ0n) is 9.02. The lowest BCUT2D eigenvalue weighted by Gasteiger charge is -2.08. The molecule has 0 bridgehead atoms. The van der Waals surface area contributed by atoms with E-state index in [0.29, 0.717) is 11.6 Å². The summed E-state index contributed by atoms with van der Waals surface area (Å²) in [6.07, 6.45) is 0.872. The van der Waals surface area contributed by atoms with Crippen LogP contribution in [-0.2, 0) is 4.79 Å². The van der Waals surface area contributed by atoms with Gasteiger partial charge in [-0.15, -0.1) is 0 Å². The Balaban J connectivity index is 2.47. The fraction of sp³-hybridized carbons (Fsp3) is 0.364. The van der Waals surface area contributed by atoms with Gasteiger partial charge in [-0.25, -0.2) is 4.39 Å². The third kappa shape index (κ3) is 4.06. The van der Waals surface area contributed by atoms with Crippen molar-refractivity contribution in [3.05, 3.63) is 29.0 Å². The van der Waals surface area contributed by atoms with Gasteiger partial charge < -0.3 is 10.6 Å². The summed E-state index contributed by atoms with van der Waals surface area (Å²) in [5.74, 6) is -0.589. The molecule has 1 rings (SSSR count). The molecule has 0 fully saturated rings. The number of hydrogen-bond acceptors (Lipinski definition) is 2. The third-order valence-electron chi connectivity index (χ3n) is 1.94. The van der Waals surface area contributed by atoms with Gasteiger partial charge in [-0.1, -0.05) is 18.5 Å². The minimum Gasteiger partial charge on any atom is -0.374 e. The van der Waals surface area contributed by atoms with Crippen molar-refractivity contribution in [2.24, 2.45) is 0 Å². The maximum atomic E-state index is 13.2. The van der Waals surface area contributed by atoms with Gasteiger partial charge in [0.15, 0.2) is 0 Å². The van der Waals surface area contributed by atoms with Crippen LogP contribution >= 0.6 is 11.6 Å². The lowest BCUT2D eigenvalue weighted by atomic mass is 10.3. The molecule has 1 amide bonds. The van der Waals surface area contributed by atoms with E-state index in [1.54, 1.807) is 0 Å². The van der Waals surface area contributed by atoms with Gasteiger partial charge in [0, 0.05) is 11.6 Å². The molecule has 2 N–H and O–H groups in total. The van der Waals surface area contributed by atoms with E-state index in [1.165, 1.54) is 18.2 Å². The van der Waals surface area contributed by atoms with Crippen LogP contribution in [0.15, 0.2) is 18.2 Å². The molecular weight excluding hydrogens is 231 g/mol. The third-order valence-corrected chi connectivity index (χ3v) is 2.18. The van der Waals surface area contributed by atoms with Crippen LogP contribution in [0.1, 0.15) is 13.3 Å². The van der Waals surface area contributed by atoms with Crippen molar-refractivity contribution in [1.82, 2.24) is 5.32 Å². The summed E-state index contributed by atoms with van der Waals surface area (Å²) in [7, 11) is 0. The molecule has 0 aliphatic rings. The molecule has 16 heavy (non-hydrogen) atoms. The fourth-order valence-corrected chi connectivity index (χ4v) is 1.31. The average molecular weight is 245 g/mol. The first-order chi connectivity index (χ1) is 7.63. The molecule has 0 saturated heterocycles. The molecule has 5 heteroatoms. The molecule has 0 radical (unpaired) electrons. The second-order valence-electron chi connectivity index (χ2n) is 3.33. The molecule has 0 spiro atoms. The molecule has 0 saturated carbocycles. The minimum atomic E-state index is -0.423. The highest BCUT2D eigenvalue weighted by atomic mass is 35.5. The number of halogens is 2. The molecule has 0 aliphatic carbocycles. The summed E-state index contributed by atoms with van der Waals surface area (Å²) in [5.41, 5.74) is 0.235. The number of carbonyl (C=O) groups is 1. The second-order valence-corrected chi connectivity index (χ2v) is 3.76. The van der Waals surface area contributed by atoms with E-state index in [4.69, 9.17) is 11.6 Å². The zero-order chi connectivity index (χ0) is 12.0. The van der Waals surface area contributed by atoms with E-state index in [2.05, 4.69) is 10.6 Å². The molecule has 0 heterocycles. The highest BCUT2D eigenvalue weighted by Gasteiger charge is 2.04. The lowest BCUT2D eigenvalue weighted by Crippen LogP contribution is -2.30. The predicted octanol–water partition coefficient (Wildman–Crippen LogP) is 2.42. The Kier molecular flexibility index (Phi) is 5.05. The fourth-order valence-electron chi connectivity index (χ4n) is 1.14. The van der Waals surface area contributed by atoms with Gasteiger partial charge in [0.05, 0.1) is 12.2 Å². The van der Waals surface area contributed by atoms with Crippen molar-refractivity contribution >= 4 is 23.2 Å². The number of amides is 1. The van der Waals surface area contributed by atoms with Crippen LogP contribution in [0.3, 0.4) is 0 Å². The largest absolute Gasteiger partial charge is 0.374 e. The van der Waals surface area contributed by atoms with Gasteiger partial charge in [-0.3, -0.25) is 4.79 Å². The number of rotatable bonds is 5. The number of carbonyl (C=O) groups excluding carboxylic acids is 1. The summed E-state index contributed by atoms with van der Waals surface area (Å²) in [6.45, 7) is 2.63. The minimum absolute atomic E-state index is 0.0390. The summed E-state index contributed by atoms with van der Waals surface area (Å²) in [4.78, 5) is 11.2. The first-order valence-electron chi connectivity index (χ1n) is 5.09. The molecule has 3 nitrogen and oxygen atoms in total. The van der Waals surface area contributed by atoms with E-state index >= 15 is 0 Å². The molecule has 1 aromatic carbocycles. The van der Waals surface area contributed by atoms with Crippen molar-refractivity contribution in [3.63, 3.8) is 0 Å². The van der Waals surface area contributed by atoms with E-state index in [0.717, 1.165) is 6.42 Å². The number of nitrogens with one attached hydrogen (secondary N) is 2. The van der Waals surface area contributed by atoms with Gasteiger partial charge in [0.1, 0.15) is 5.82 Å². The van der Waals surface area contributed by atoms with Crippen molar-refractivity contribution in [2.45, 2.75) is 13.3 Å². The SMILES string of the molecule is CCCNC(=O)CNc1cc(Cl)ccc1F. The lowest BCUT2D eigenvalue weighted by molar-refractivity contribution is -0.119. The first kappa shape index (κ1) is 12.8. The summed E-state index contributed by atoms with van der Waals surface area (Å²) >= 11 is 5.71. The Bertz CT molecular complexity index is 371.